The molecule has 37 heavy (non-hydrogen) atoms. The number of nitrogens with zero attached hydrogens (tertiary/aromatic N) is 3. The van der Waals surface area contributed by atoms with Gasteiger partial charge in [0, 0.05) is 24.7 Å². The average Bonchev–Trinajstić information content (AvgIpc) is 3.50. The number of alkyl halides is 4. The van der Waals surface area contributed by atoms with Crippen LogP contribution in [0.2, 0.25) is 0 Å². The quantitative estimate of drug-likeness (QED) is 0.479. The molecule has 5 rings (SSSR count). The highest BCUT2D eigenvalue weighted by molar-refractivity contribution is 6.09. The first-order valence-corrected chi connectivity index (χ1v) is 11.9. The van der Waals surface area contributed by atoms with Crippen LogP contribution < -0.4 is 10.1 Å². The van der Waals surface area contributed by atoms with Gasteiger partial charge in [0.2, 0.25) is 5.91 Å². The number of hydrogen-bond donors (Lipinski definition) is 2. The fraction of sp³-hybridized carbons (Fsp3) is 0.440. The van der Waals surface area contributed by atoms with Gasteiger partial charge in [0.25, 0.3) is 5.91 Å². The van der Waals surface area contributed by atoms with E-state index in [0.29, 0.717) is 18.2 Å². The number of aryl methyl sites for hydroxylation is 1. The monoisotopic (exact) mass is 519 g/mol. The lowest BCUT2D eigenvalue weighted by molar-refractivity contribution is -0.137. The van der Waals surface area contributed by atoms with Crippen LogP contribution in [0.1, 0.15) is 41.4 Å². The third-order valence-electron chi connectivity index (χ3n) is 6.74. The molecule has 2 atom stereocenters. The SMILES string of the molecule is CC(=O)N1C[C@@H](F)[C@H](NC(=O)c2c(C)[nH]c3c(-c4cc(C(F)(F)F)ccc4OCC4CC4)ncnc23)C1. The summed E-state index contributed by atoms with van der Waals surface area (Å²) < 4.78 is 60.9. The summed E-state index contributed by atoms with van der Waals surface area (Å²) in [6.45, 7) is 3.25. The number of aromatic nitrogens is 3. The molecule has 196 valence electrons. The van der Waals surface area contributed by atoms with Gasteiger partial charge >= 0.3 is 6.18 Å². The normalized spacial score (nSPS) is 19.9. The predicted molar refractivity (Wildman–Crippen MR) is 126 cm³/mol. The van der Waals surface area contributed by atoms with Gasteiger partial charge in [0.15, 0.2) is 0 Å². The molecule has 2 amide bonds. The number of rotatable bonds is 6. The van der Waals surface area contributed by atoms with Crippen molar-refractivity contribution >= 4 is 22.8 Å². The van der Waals surface area contributed by atoms with E-state index in [4.69, 9.17) is 4.74 Å². The minimum absolute atomic E-state index is 0.0375. The number of ether oxygens (including phenoxy) is 1. The first-order valence-electron chi connectivity index (χ1n) is 11.9. The Morgan fingerprint density at radius 3 is 2.62 bits per heavy atom. The van der Waals surface area contributed by atoms with Gasteiger partial charge in [-0.05, 0) is 43.9 Å². The van der Waals surface area contributed by atoms with Gasteiger partial charge in [0.1, 0.15) is 29.5 Å². The Labute approximate surface area is 209 Å². The molecule has 1 aromatic carbocycles. The number of amides is 2. The lowest BCUT2D eigenvalue weighted by atomic mass is 10.0. The summed E-state index contributed by atoms with van der Waals surface area (Å²) in [7, 11) is 0. The zero-order valence-corrected chi connectivity index (χ0v) is 20.2. The zero-order chi connectivity index (χ0) is 26.5. The molecule has 2 N–H and O–H groups in total. The highest BCUT2D eigenvalue weighted by Gasteiger charge is 2.36. The lowest BCUT2D eigenvalue weighted by Crippen LogP contribution is -2.41. The Morgan fingerprint density at radius 2 is 1.97 bits per heavy atom. The van der Waals surface area contributed by atoms with Crippen LogP contribution in [0.4, 0.5) is 17.6 Å². The molecule has 2 aliphatic rings. The summed E-state index contributed by atoms with van der Waals surface area (Å²) in [5, 5.41) is 2.63. The summed E-state index contributed by atoms with van der Waals surface area (Å²) in [4.78, 5) is 37.5. The standard InChI is InChI=1S/C25H25F4N5O3/c1-12-20(24(36)33-18-9-34(13(2)35)8-17(18)26)22-23(32-12)21(30-11-31-22)16-7-15(25(27,28)29)5-6-19(16)37-10-14-3-4-14/h5-7,11,14,17-18,32H,3-4,8-10H2,1-2H3,(H,33,36)/t17-,18-/m1/s1. The molecule has 1 aliphatic heterocycles. The highest BCUT2D eigenvalue weighted by atomic mass is 19.4. The van der Waals surface area contributed by atoms with Crippen LogP contribution in [0.15, 0.2) is 24.5 Å². The van der Waals surface area contributed by atoms with Crippen LogP contribution in [-0.2, 0) is 11.0 Å². The van der Waals surface area contributed by atoms with Gasteiger partial charge in [-0.15, -0.1) is 0 Å². The number of aromatic amines is 1. The van der Waals surface area contributed by atoms with E-state index in [1.54, 1.807) is 6.92 Å². The van der Waals surface area contributed by atoms with Gasteiger partial charge in [-0.3, -0.25) is 9.59 Å². The number of nitrogens with one attached hydrogen (secondary N) is 2. The van der Waals surface area contributed by atoms with Crippen molar-refractivity contribution in [2.45, 2.75) is 45.1 Å². The molecule has 2 aromatic heterocycles. The Hall–Kier alpha value is -3.70. The van der Waals surface area contributed by atoms with Crippen LogP contribution in [0.25, 0.3) is 22.3 Å². The van der Waals surface area contributed by atoms with Crippen molar-refractivity contribution in [3.63, 3.8) is 0 Å². The maximum absolute atomic E-state index is 14.5. The van der Waals surface area contributed by atoms with Crippen LogP contribution in [0.5, 0.6) is 5.75 Å². The molecule has 12 heteroatoms. The minimum Gasteiger partial charge on any atom is -0.493 e. The number of carbonyl (C=O) groups excluding carboxylic acids is 2. The molecule has 3 aromatic rings. The molecule has 1 saturated carbocycles. The molecule has 2 fully saturated rings. The average molecular weight is 519 g/mol. The van der Waals surface area contributed by atoms with E-state index in [2.05, 4.69) is 20.3 Å². The Bertz CT molecular complexity index is 1370. The third-order valence-corrected chi connectivity index (χ3v) is 6.74. The molecule has 1 saturated heterocycles. The second-order valence-corrected chi connectivity index (χ2v) is 9.55. The van der Waals surface area contributed by atoms with Crippen LogP contribution in [0, 0.1) is 12.8 Å². The molecule has 0 bridgehead atoms. The maximum atomic E-state index is 14.5. The van der Waals surface area contributed by atoms with Crippen molar-refractivity contribution in [2.24, 2.45) is 5.92 Å². The number of hydrogen-bond acceptors (Lipinski definition) is 5. The Balaban J connectivity index is 1.52. The fourth-order valence-corrected chi connectivity index (χ4v) is 4.51. The van der Waals surface area contributed by atoms with E-state index in [9.17, 15) is 27.2 Å². The Kier molecular flexibility index (Phi) is 6.28. The predicted octanol–water partition coefficient (Wildman–Crippen LogP) is 4.04. The van der Waals surface area contributed by atoms with Gasteiger partial charge in [-0.1, -0.05) is 0 Å². The van der Waals surface area contributed by atoms with Gasteiger partial charge in [-0.25, -0.2) is 14.4 Å². The fourth-order valence-electron chi connectivity index (χ4n) is 4.51. The Morgan fingerprint density at radius 1 is 1.22 bits per heavy atom. The van der Waals surface area contributed by atoms with E-state index in [1.807, 2.05) is 0 Å². The molecule has 1 aliphatic carbocycles. The molecule has 0 spiro atoms. The van der Waals surface area contributed by atoms with Crippen molar-refractivity contribution in [3.8, 4) is 17.0 Å². The van der Waals surface area contributed by atoms with Crippen LogP contribution in [-0.4, -0.2) is 63.6 Å². The van der Waals surface area contributed by atoms with Gasteiger partial charge in [0.05, 0.1) is 35.8 Å². The molecule has 0 radical (unpaired) electrons. The summed E-state index contributed by atoms with van der Waals surface area (Å²) in [6, 6.07) is 2.32. The van der Waals surface area contributed by atoms with E-state index in [-0.39, 0.29) is 52.6 Å². The van der Waals surface area contributed by atoms with Crippen LogP contribution >= 0.6 is 0 Å². The van der Waals surface area contributed by atoms with Crippen molar-refractivity contribution in [1.29, 1.82) is 0 Å². The summed E-state index contributed by atoms with van der Waals surface area (Å²) in [5.41, 5.74) is 0.359. The number of benzene rings is 1. The van der Waals surface area contributed by atoms with Crippen molar-refractivity contribution in [2.75, 3.05) is 19.7 Å². The maximum Gasteiger partial charge on any atom is 0.416 e. The number of H-pyrrole nitrogens is 1. The van der Waals surface area contributed by atoms with E-state index in [0.717, 1.165) is 31.3 Å². The molecular weight excluding hydrogens is 494 g/mol. The van der Waals surface area contributed by atoms with Crippen molar-refractivity contribution in [1.82, 2.24) is 25.2 Å². The largest absolute Gasteiger partial charge is 0.493 e. The topological polar surface area (TPSA) is 100 Å². The second-order valence-electron chi connectivity index (χ2n) is 9.55. The first-order chi connectivity index (χ1) is 17.5. The molecular formula is C25H25F4N5O3. The summed E-state index contributed by atoms with van der Waals surface area (Å²) in [6.07, 6.45) is -2.83. The number of carbonyl (C=O) groups is 2. The second kappa shape index (κ2) is 9.31. The van der Waals surface area contributed by atoms with Crippen LogP contribution in [0.3, 0.4) is 0 Å². The number of likely N-dealkylation sites (tertiary alicyclic amines) is 1. The van der Waals surface area contributed by atoms with E-state index >= 15 is 0 Å². The van der Waals surface area contributed by atoms with E-state index in [1.165, 1.54) is 17.9 Å². The minimum atomic E-state index is -4.58. The number of fused-ring (bicyclic) bond motifs is 1. The lowest BCUT2D eigenvalue weighted by Gasteiger charge is -2.15. The van der Waals surface area contributed by atoms with E-state index < -0.39 is 29.9 Å². The molecule has 8 nitrogen and oxygen atoms in total. The summed E-state index contributed by atoms with van der Waals surface area (Å²) in [5.74, 6) is -0.285. The van der Waals surface area contributed by atoms with Gasteiger partial charge < -0.3 is 19.9 Å². The molecule has 0 unspecified atom stereocenters. The highest BCUT2D eigenvalue weighted by Crippen LogP contribution is 2.40. The molecule has 3 heterocycles. The van der Waals surface area contributed by atoms with Crippen molar-refractivity contribution in [3.05, 3.63) is 41.3 Å². The number of halogens is 4. The first kappa shape index (κ1) is 25.0. The zero-order valence-electron chi connectivity index (χ0n) is 20.2. The van der Waals surface area contributed by atoms with Gasteiger partial charge in [-0.2, -0.15) is 13.2 Å². The smallest absolute Gasteiger partial charge is 0.416 e. The third kappa shape index (κ3) is 4.96. The summed E-state index contributed by atoms with van der Waals surface area (Å²) >= 11 is 0. The van der Waals surface area contributed by atoms with Crippen molar-refractivity contribution < 1.29 is 31.9 Å².